The van der Waals surface area contributed by atoms with Crippen LogP contribution in [0.15, 0.2) is 65.7 Å². The van der Waals surface area contributed by atoms with Crippen molar-refractivity contribution in [3.05, 3.63) is 66.2 Å². The number of hydrogen-bond acceptors (Lipinski definition) is 6. The predicted octanol–water partition coefficient (Wildman–Crippen LogP) is 4.66. The highest BCUT2D eigenvalue weighted by molar-refractivity contribution is 7.99. The SMILES string of the molecule is COc1ccc(-c2nnc3ccc(SC(C)c4ccccc4)nn23)cc1OC. The molecule has 2 heterocycles. The zero-order chi connectivity index (χ0) is 19.5. The van der Waals surface area contributed by atoms with Crippen molar-refractivity contribution in [3.63, 3.8) is 0 Å². The number of methoxy groups -OCH3 is 2. The Kier molecular flexibility index (Phi) is 5.16. The number of aromatic nitrogens is 4. The first-order chi connectivity index (χ1) is 13.7. The molecule has 4 rings (SSSR count). The lowest BCUT2D eigenvalue weighted by molar-refractivity contribution is 0.355. The van der Waals surface area contributed by atoms with E-state index in [1.165, 1.54) is 5.56 Å². The molecule has 2 aromatic carbocycles. The van der Waals surface area contributed by atoms with Gasteiger partial charge in [-0.15, -0.1) is 10.2 Å². The minimum atomic E-state index is 0.284. The standard InChI is InChI=1S/C21H20N4O2S/c1-14(15-7-5-4-6-8-15)28-20-12-11-19-22-23-21(25(19)24-20)16-9-10-17(26-2)18(13-16)27-3/h4-14H,1-3H3. The van der Waals surface area contributed by atoms with Gasteiger partial charge in [0, 0.05) is 10.8 Å². The van der Waals surface area contributed by atoms with Crippen molar-refractivity contribution in [1.82, 2.24) is 19.8 Å². The summed E-state index contributed by atoms with van der Waals surface area (Å²) < 4.78 is 12.5. The maximum absolute atomic E-state index is 5.41. The van der Waals surface area contributed by atoms with Crippen LogP contribution in [0.3, 0.4) is 0 Å². The molecule has 0 bridgehead atoms. The van der Waals surface area contributed by atoms with Crippen LogP contribution in [0.2, 0.25) is 0 Å². The number of benzene rings is 2. The highest BCUT2D eigenvalue weighted by atomic mass is 32.2. The van der Waals surface area contributed by atoms with Gasteiger partial charge in [-0.05, 0) is 42.8 Å². The van der Waals surface area contributed by atoms with Crippen molar-refractivity contribution in [1.29, 1.82) is 0 Å². The van der Waals surface area contributed by atoms with Crippen molar-refractivity contribution in [2.24, 2.45) is 0 Å². The van der Waals surface area contributed by atoms with E-state index >= 15 is 0 Å². The van der Waals surface area contributed by atoms with Crippen molar-refractivity contribution >= 4 is 17.4 Å². The molecule has 142 valence electrons. The van der Waals surface area contributed by atoms with E-state index in [-0.39, 0.29) is 5.25 Å². The molecular weight excluding hydrogens is 372 g/mol. The minimum Gasteiger partial charge on any atom is -0.493 e. The Hall–Kier alpha value is -3.06. The van der Waals surface area contributed by atoms with E-state index in [2.05, 4.69) is 41.4 Å². The Morgan fingerprint density at radius 2 is 1.68 bits per heavy atom. The Morgan fingerprint density at radius 1 is 0.893 bits per heavy atom. The van der Waals surface area contributed by atoms with Gasteiger partial charge in [-0.1, -0.05) is 42.1 Å². The molecule has 0 fully saturated rings. The van der Waals surface area contributed by atoms with E-state index in [9.17, 15) is 0 Å². The summed E-state index contributed by atoms with van der Waals surface area (Å²) in [7, 11) is 3.23. The largest absolute Gasteiger partial charge is 0.493 e. The number of ether oxygens (including phenoxy) is 2. The molecule has 1 unspecified atom stereocenters. The fraction of sp³-hybridized carbons (Fsp3) is 0.190. The average Bonchev–Trinajstić information content (AvgIpc) is 3.17. The zero-order valence-corrected chi connectivity index (χ0v) is 16.7. The highest BCUT2D eigenvalue weighted by Gasteiger charge is 2.15. The molecule has 0 spiro atoms. The Balaban J connectivity index is 1.69. The normalized spacial score (nSPS) is 12.1. The van der Waals surface area contributed by atoms with E-state index < -0.39 is 0 Å². The van der Waals surface area contributed by atoms with E-state index in [0.29, 0.717) is 23.0 Å². The molecule has 0 saturated heterocycles. The minimum absolute atomic E-state index is 0.284. The smallest absolute Gasteiger partial charge is 0.185 e. The van der Waals surface area contributed by atoms with Crippen LogP contribution >= 0.6 is 11.8 Å². The second-order valence-electron chi connectivity index (χ2n) is 6.21. The van der Waals surface area contributed by atoms with Crippen LogP contribution in [0.25, 0.3) is 17.0 Å². The molecule has 0 aliphatic rings. The zero-order valence-electron chi connectivity index (χ0n) is 15.9. The summed E-state index contributed by atoms with van der Waals surface area (Å²) in [5.41, 5.74) is 2.82. The van der Waals surface area contributed by atoms with Crippen LogP contribution in [0.1, 0.15) is 17.7 Å². The van der Waals surface area contributed by atoms with Gasteiger partial charge in [-0.2, -0.15) is 9.61 Å². The third-order valence-electron chi connectivity index (χ3n) is 4.45. The van der Waals surface area contributed by atoms with Gasteiger partial charge in [0.25, 0.3) is 0 Å². The van der Waals surface area contributed by atoms with Crippen molar-refractivity contribution in [3.8, 4) is 22.9 Å². The summed E-state index contributed by atoms with van der Waals surface area (Å²) in [6, 6.07) is 20.0. The van der Waals surface area contributed by atoms with E-state index in [0.717, 1.165) is 10.6 Å². The first-order valence-corrected chi connectivity index (χ1v) is 9.74. The molecule has 0 aliphatic carbocycles. The van der Waals surface area contributed by atoms with Gasteiger partial charge >= 0.3 is 0 Å². The lowest BCUT2D eigenvalue weighted by Gasteiger charge is -2.11. The fourth-order valence-corrected chi connectivity index (χ4v) is 3.89. The summed E-state index contributed by atoms with van der Waals surface area (Å²) in [5.74, 6) is 1.96. The number of hydrogen-bond donors (Lipinski definition) is 0. The second kappa shape index (κ2) is 7.90. The maximum Gasteiger partial charge on any atom is 0.185 e. The Labute approximate surface area is 167 Å². The second-order valence-corrected chi connectivity index (χ2v) is 7.57. The third kappa shape index (κ3) is 3.53. The Morgan fingerprint density at radius 3 is 2.43 bits per heavy atom. The monoisotopic (exact) mass is 392 g/mol. The van der Waals surface area contributed by atoms with Crippen LogP contribution in [-0.4, -0.2) is 34.0 Å². The topological polar surface area (TPSA) is 61.5 Å². The summed E-state index contributed by atoms with van der Waals surface area (Å²) in [4.78, 5) is 0. The molecule has 28 heavy (non-hydrogen) atoms. The first kappa shape index (κ1) is 18.3. The third-order valence-corrected chi connectivity index (χ3v) is 5.53. The van der Waals surface area contributed by atoms with Crippen molar-refractivity contribution < 1.29 is 9.47 Å². The van der Waals surface area contributed by atoms with Gasteiger partial charge in [-0.25, -0.2) is 0 Å². The van der Waals surface area contributed by atoms with E-state index in [4.69, 9.17) is 14.6 Å². The van der Waals surface area contributed by atoms with E-state index in [1.807, 2.05) is 36.4 Å². The molecular formula is C21H20N4O2S. The number of rotatable bonds is 6. The highest BCUT2D eigenvalue weighted by Crippen LogP contribution is 2.34. The van der Waals surface area contributed by atoms with E-state index in [1.54, 1.807) is 30.5 Å². The molecule has 0 radical (unpaired) electrons. The van der Waals surface area contributed by atoms with Gasteiger partial charge in [0.1, 0.15) is 5.03 Å². The van der Waals surface area contributed by atoms with Gasteiger partial charge in [0.15, 0.2) is 23.0 Å². The molecule has 0 saturated carbocycles. The molecule has 4 aromatic rings. The molecule has 0 N–H and O–H groups in total. The summed E-state index contributed by atoms with van der Waals surface area (Å²) in [5, 5.41) is 14.5. The maximum atomic E-state index is 5.41. The van der Waals surface area contributed by atoms with Crippen LogP contribution < -0.4 is 9.47 Å². The van der Waals surface area contributed by atoms with Crippen molar-refractivity contribution in [2.75, 3.05) is 14.2 Å². The lowest BCUT2D eigenvalue weighted by Crippen LogP contribution is -1.98. The van der Waals surface area contributed by atoms with Crippen LogP contribution in [0, 0.1) is 0 Å². The molecule has 6 nitrogen and oxygen atoms in total. The average molecular weight is 392 g/mol. The van der Waals surface area contributed by atoms with Crippen molar-refractivity contribution in [2.45, 2.75) is 17.2 Å². The van der Waals surface area contributed by atoms with Crippen LogP contribution in [0.5, 0.6) is 11.5 Å². The van der Waals surface area contributed by atoms with Crippen LogP contribution in [0.4, 0.5) is 0 Å². The quantitative estimate of drug-likeness (QED) is 0.445. The summed E-state index contributed by atoms with van der Waals surface area (Å²) in [6.07, 6.45) is 0. The molecule has 0 amide bonds. The summed E-state index contributed by atoms with van der Waals surface area (Å²) >= 11 is 1.70. The summed E-state index contributed by atoms with van der Waals surface area (Å²) in [6.45, 7) is 2.17. The van der Waals surface area contributed by atoms with Gasteiger partial charge in [0.2, 0.25) is 0 Å². The van der Waals surface area contributed by atoms with Gasteiger partial charge in [0.05, 0.1) is 14.2 Å². The first-order valence-electron chi connectivity index (χ1n) is 8.86. The number of thioether (sulfide) groups is 1. The number of nitrogens with zero attached hydrogens (tertiary/aromatic N) is 4. The van der Waals surface area contributed by atoms with Crippen LogP contribution in [-0.2, 0) is 0 Å². The fourth-order valence-electron chi connectivity index (χ4n) is 2.96. The van der Waals surface area contributed by atoms with Gasteiger partial charge in [-0.3, -0.25) is 0 Å². The molecule has 0 aliphatic heterocycles. The number of fused-ring (bicyclic) bond motifs is 1. The molecule has 7 heteroatoms. The molecule has 1 atom stereocenters. The lowest BCUT2D eigenvalue weighted by atomic mass is 10.2. The molecule has 2 aromatic heterocycles. The van der Waals surface area contributed by atoms with Gasteiger partial charge < -0.3 is 9.47 Å². The predicted molar refractivity (Wildman–Crippen MR) is 110 cm³/mol. The Bertz CT molecular complexity index is 1100.